The summed E-state index contributed by atoms with van der Waals surface area (Å²) >= 11 is 0. The molecular weight excluding hydrogens is 1160 g/mol. The number of carbonyl (C=O) groups excluding carboxylic acids is 1. The van der Waals surface area contributed by atoms with Crippen LogP contribution in [-0.2, 0) is 57.0 Å². The molecule has 87 heavy (non-hydrogen) atoms. The third-order valence-corrected chi connectivity index (χ3v) is 22.8. The summed E-state index contributed by atoms with van der Waals surface area (Å²) in [6, 6.07) is 0. The summed E-state index contributed by atoms with van der Waals surface area (Å²) in [4.78, 5) is 29.5. The number of aliphatic hydroxyl groups excluding tert-OH is 16. The van der Waals surface area contributed by atoms with Gasteiger partial charge >= 0.3 is 11.9 Å². The fraction of sp³-hybridized carbons (Fsp3) is 0.931. The minimum Gasteiger partial charge on any atom is -0.481 e. The van der Waals surface area contributed by atoms with Crippen molar-refractivity contribution in [3.63, 3.8) is 0 Å². The standard InChI is InChI=1S/C58H92O29/c1-21-42(83-46-38(71)32(65)25(62)19-78-46)37(70)40(73)47(80-21)85-44-33(66)26(63)20-79-50(44)87-52(77)58-13-12-53(2,3)14-23(58)22-8-9-29-54(4)15-24(61)45(57(7,51(75)76)30(54)10-11-55(29,5)56(22,6)16-31(58)64)86-49-41(74)43(35(68)28(18-60)82-49)84-48-39(72)36(69)34(67)27(17-59)81-48/h8,21,23-50,59-74H,9-20H2,1-7H3,(H,75,76)/t21-,23-,24-,25+,26-,27+,28+,29?,30?,31+,32-,33-,34+,35+,36-,37-,38+,39+,40+,41+,42-,43-,44+,45-,46-,47-,48-,49-,50-,54+,55+,56+,57-,58+/m0/s1. The molecule has 5 saturated heterocycles. The molecule has 5 aliphatic carbocycles. The van der Waals surface area contributed by atoms with Crippen molar-refractivity contribution in [2.75, 3.05) is 26.4 Å². The third kappa shape index (κ3) is 11.0. The number of hydrogen-bond donors (Lipinski definition) is 17. The van der Waals surface area contributed by atoms with E-state index in [-0.39, 0.29) is 37.0 Å². The molecule has 5 aliphatic heterocycles. The van der Waals surface area contributed by atoms with Gasteiger partial charge in [0.1, 0.15) is 109 Å². The molecule has 4 saturated carbocycles. The minimum atomic E-state index is -2.02. The van der Waals surface area contributed by atoms with Gasteiger partial charge in [0.25, 0.3) is 0 Å². The van der Waals surface area contributed by atoms with Crippen molar-refractivity contribution in [1.82, 2.24) is 0 Å². The topological polar surface area (TPSA) is 470 Å². The normalized spacial score (nSPS) is 55.1. The van der Waals surface area contributed by atoms with Crippen LogP contribution in [0.25, 0.3) is 0 Å². The fourth-order valence-electron chi connectivity index (χ4n) is 17.6. The first-order valence-electron chi connectivity index (χ1n) is 30.4. The van der Waals surface area contributed by atoms with Crippen molar-refractivity contribution in [2.24, 2.45) is 50.2 Å². The summed E-state index contributed by atoms with van der Waals surface area (Å²) in [5, 5.41) is 187. The maximum absolute atomic E-state index is 15.4. The monoisotopic (exact) mass is 1250 g/mol. The Hall–Kier alpha value is -2.32. The van der Waals surface area contributed by atoms with Crippen LogP contribution < -0.4 is 0 Å². The van der Waals surface area contributed by atoms with Gasteiger partial charge in [0.05, 0.1) is 50.2 Å². The summed E-state index contributed by atoms with van der Waals surface area (Å²) in [5.74, 6) is -3.99. The van der Waals surface area contributed by atoms with E-state index in [1.807, 2.05) is 6.92 Å². The van der Waals surface area contributed by atoms with E-state index in [1.54, 1.807) is 0 Å². The Bertz CT molecular complexity index is 2490. The molecule has 5 heterocycles. The zero-order chi connectivity index (χ0) is 63.7. The highest BCUT2D eigenvalue weighted by Gasteiger charge is 2.74. The zero-order valence-corrected chi connectivity index (χ0v) is 49.8. The fourth-order valence-corrected chi connectivity index (χ4v) is 17.6. The number of fused-ring (bicyclic) bond motifs is 7. The number of carboxylic acids is 1. The Labute approximate surface area is 502 Å². The van der Waals surface area contributed by atoms with Crippen LogP contribution in [0.5, 0.6) is 0 Å². The second-order valence-electron chi connectivity index (χ2n) is 28.2. The molecule has 0 radical (unpaired) electrons. The average molecular weight is 1250 g/mol. The molecule has 0 aromatic heterocycles. The predicted molar refractivity (Wildman–Crippen MR) is 287 cm³/mol. The van der Waals surface area contributed by atoms with E-state index >= 15 is 4.79 Å². The maximum Gasteiger partial charge on any atom is 0.317 e. The Morgan fingerprint density at radius 2 is 1.11 bits per heavy atom. The van der Waals surface area contributed by atoms with Gasteiger partial charge in [-0.05, 0) is 105 Å². The molecule has 0 amide bonds. The van der Waals surface area contributed by atoms with E-state index in [1.165, 1.54) is 13.8 Å². The van der Waals surface area contributed by atoms with Crippen molar-refractivity contribution >= 4 is 11.9 Å². The summed E-state index contributed by atoms with van der Waals surface area (Å²) in [6.07, 6.45) is -39.8. The first kappa shape index (κ1) is 67.6. The third-order valence-electron chi connectivity index (χ3n) is 22.8. The molecule has 0 aromatic carbocycles. The van der Waals surface area contributed by atoms with Crippen molar-refractivity contribution in [3.05, 3.63) is 11.6 Å². The Morgan fingerprint density at radius 1 is 0.552 bits per heavy atom. The maximum atomic E-state index is 15.4. The van der Waals surface area contributed by atoms with Crippen molar-refractivity contribution in [3.8, 4) is 0 Å². The molecule has 0 spiro atoms. The molecule has 9 fully saturated rings. The molecule has 10 aliphatic rings. The van der Waals surface area contributed by atoms with Crippen LogP contribution in [0.3, 0.4) is 0 Å². The van der Waals surface area contributed by atoms with E-state index in [9.17, 15) is 91.6 Å². The van der Waals surface area contributed by atoms with Crippen LogP contribution in [0.1, 0.15) is 99.8 Å². The molecule has 0 bridgehead atoms. The van der Waals surface area contributed by atoms with E-state index in [4.69, 9.17) is 47.4 Å². The number of aliphatic hydroxyl groups is 16. The quantitative estimate of drug-likeness (QED) is 0.0467. The zero-order valence-electron chi connectivity index (χ0n) is 49.8. The van der Waals surface area contributed by atoms with Gasteiger partial charge in [0.15, 0.2) is 31.3 Å². The molecule has 17 N–H and O–H groups in total. The van der Waals surface area contributed by atoms with E-state index < -0.39 is 237 Å². The van der Waals surface area contributed by atoms with Gasteiger partial charge in [-0.2, -0.15) is 0 Å². The van der Waals surface area contributed by atoms with Crippen LogP contribution in [-0.4, -0.2) is 285 Å². The van der Waals surface area contributed by atoms with Gasteiger partial charge in [-0.3, -0.25) is 9.59 Å². The summed E-state index contributed by atoms with van der Waals surface area (Å²) in [6.45, 7) is 10.5. The Kier molecular flexibility index (Phi) is 19.1. The van der Waals surface area contributed by atoms with E-state index in [0.717, 1.165) is 5.57 Å². The van der Waals surface area contributed by atoms with Gasteiger partial charge < -0.3 is 134 Å². The number of rotatable bonds is 13. The van der Waals surface area contributed by atoms with Gasteiger partial charge in [-0.15, -0.1) is 0 Å². The number of aliphatic carboxylic acids is 1. The lowest BCUT2D eigenvalue weighted by atomic mass is 9.33. The lowest BCUT2D eigenvalue weighted by molar-refractivity contribution is -0.373. The molecular formula is C58H92O29. The first-order valence-corrected chi connectivity index (χ1v) is 30.4. The lowest BCUT2D eigenvalue weighted by Gasteiger charge is -2.71. The summed E-state index contributed by atoms with van der Waals surface area (Å²) in [7, 11) is 0. The molecule has 2 unspecified atom stereocenters. The largest absolute Gasteiger partial charge is 0.481 e. The summed E-state index contributed by atoms with van der Waals surface area (Å²) < 4.78 is 58.6. The van der Waals surface area contributed by atoms with Crippen LogP contribution in [0.4, 0.5) is 0 Å². The molecule has 0 aromatic rings. The number of esters is 1. The average Bonchev–Trinajstić information content (AvgIpc) is 0.673. The van der Waals surface area contributed by atoms with E-state index in [2.05, 4.69) is 33.8 Å². The Balaban J connectivity index is 0.891. The predicted octanol–water partition coefficient (Wildman–Crippen LogP) is -4.90. The molecule has 10 rings (SSSR count). The highest BCUT2D eigenvalue weighted by atomic mass is 16.8. The van der Waals surface area contributed by atoms with Crippen LogP contribution in [0.15, 0.2) is 11.6 Å². The SMILES string of the molecule is C[C@@H]1O[C@@H](O[C@H]2[C@H](OC(=O)[C@]34CCC(C)(C)C[C@H]3C3=CCC5[C@@]6(C)C[C@H](O)[C@H](O[C@@H]7O[C@H](CO)[C@@H](O)[C@H](O[C@@H]8O[C@H](CO)[C@@H](O)[C@H](O)[C@H]8O)[C@H]7O)[C@@](C)(C(=O)O)C6CC[C@@]5(C)[C@]3(C)C[C@H]4O)OC[C@H](O)[C@@H]2O)[C@H](O)[C@H](O)[C@H]1O[C@@H]1OC[C@@H](O)[C@H](O)[C@H]1O. The van der Waals surface area contributed by atoms with Crippen molar-refractivity contribution < 1.29 is 144 Å². The molecule has 29 heteroatoms. The molecule has 34 atom stereocenters. The number of carbonyl (C=O) groups is 2. The first-order chi connectivity index (χ1) is 40.7. The number of carboxylic acid groups (broad SMARTS) is 1. The van der Waals surface area contributed by atoms with Gasteiger partial charge in [-0.1, -0.05) is 46.3 Å². The second-order valence-corrected chi connectivity index (χ2v) is 28.2. The van der Waals surface area contributed by atoms with Gasteiger partial charge in [0.2, 0.25) is 6.29 Å². The second kappa shape index (κ2) is 24.5. The highest BCUT2D eigenvalue weighted by molar-refractivity contribution is 5.80. The van der Waals surface area contributed by atoms with Gasteiger partial charge in [0, 0.05) is 0 Å². The smallest absolute Gasteiger partial charge is 0.317 e. The number of hydrogen-bond acceptors (Lipinski definition) is 28. The van der Waals surface area contributed by atoms with Crippen molar-refractivity contribution in [2.45, 2.75) is 259 Å². The van der Waals surface area contributed by atoms with Crippen molar-refractivity contribution in [1.29, 1.82) is 0 Å². The van der Waals surface area contributed by atoms with Crippen LogP contribution in [0, 0.1) is 50.2 Å². The lowest BCUT2D eigenvalue weighted by Crippen LogP contribution is -2.71. The molecule has 498 valence electrons. The minimum absolute atomic E-state index is 0.0284. The van der Waals surface area contributed by atoms with Crippen LogP contribution >= 0.6 is 0 Å². The van der Waals surface area contributed by atoms with Gasteiger partial charge in [-0.25, -0.2) is 0 Å². The van der Waals surface area contributed by atoms with Crippen LogP contribution in [0.2, 0.25) is 0 Å². The molecule has 29 nitrogen and oxygen atoms in total. The number of allylic oxidation sites excluding steroid dienone is 2. The number of ether oxygens (including phenoxy) is 10. The van der Waals surface area contributed by atoms with E-state index in [0.29, 0.717) is 25.7 Å². The highest BCUT2D eigenvalue weighted by Crippen LogP contribution is 2.76. The Morgan fingerprint density at radius 3 is 1.76 bits per heavy atom. The summed E-state index contributed by atoms with van der Waals surface area (Å²) in [5.41, 5.74) is -5.61.